The minimum atomic E-state index is 0.312. The largest absolute Gasteiger partial charge is 0.385 e. The number of rotatable bonds is 6. The van der Waals surface area contributed by atoms with Gasteiger partial charge in [0.05, 0.1) is 0 Å². The summed E-state index contributed by atoms with van der Waals surface area (Å²) in [5.41, 5.74) is 0. The fraction of sp³-hybridized carbons (Fsp3) is 0.923. The SMILES string of the molecule is CCCC1CCN(C(=O)CCCOC)CC1. The lowest BCUT2D eigenvalue weighted by Gasteiger charge is -2.32. The van der Waals surface area contributed by atoms with E-state index in [0.717, 1.165) is 25.4 Å². The fourth-order valence-electron chi connectivity index (χ4n) is 2.41. The van der Waals surface area contributed by atoms with Crippen molar-refractivity contribution in [3.8, 4) is 0 Å². The molecule has 3 nitrogen and oxygen atoms in total. The van der Waals surface area contributed by atoms with Crippen molar-refractivity contribution in [2.45, 2.75) is 45.4 Å². The molecule has 0 saturated carbocycles. The number of carbonyl (C=O) groups excluding carboxylic acids is 1. The Morgan fingerprint density at radius 2 is 2.06 bits per heavy atom. The van der Waals surface area contributed by atoms with Crippen LogP contribution in [0, 0.1) is 5.92 Å². The van der Waals surface area contributed by atoms with Gasteiger partial charge in [-0.25, -0.2) is 0 Å². The molecule has 1 aliphatic rings. The molecular weight excluding hydrogens is 202 g/mol. The highest BCUT2D eigenvalue weighted by atomic mass is 16.5. The predicted molar refractivity (Wildman–Crippen MR) is 65.3 cm³/mol. The zero-order chi connectivity index (χ0) is 11.8. The molecule has 1 rings (SSSR count). The quantitative estimate of drug-likeness (QED) is 0.652. The van der Waals surface area contributed by atoms with E-state index in [-0.39, 0.29) is 0 Å². The van der Waals surface area contributed by atoms with E-state index in [1.807, 2.05) is 4.90 Å². The molecule has 0 radical (unpaired) electrons. The molecule has 0 N–H and O–H groups in total. The number of hydrogen-bond donors (Lipinski definition) is 0. The molecule has 3 heteroatoms. The monoisotopic (exact) mass is 227 g/mol. The molecule has 0 aromatic heterocycles. The highest BCUT2D eigenvalue weighted by molar-refractivity contribution is 5.76. The summed E-state index contributed by atoms with van der Waals surface area (Å²) in [6.45, 7) is 4.87. The average molecular weight is 227 g/mol. The van der Waals surface area contributed by atoms with Gasteiger partial charge in [-0.15, -0.1) is 0 Å². The van der Waals surface area contributed by atoms with Crippen LogP contribution >= 0.6 is 0 Å². The van der Waals surface area contributed by atoms with E-state index in [4.69, 9.17) is 4.74 Å². The Hall–Kier alpha value is -0.570. The third kappa shape index (κ3) is 4.52. The van der Waals surface area contributed by atoms with Crippen molar-refractivity contribution >= 4 is 5.91 Å². The van der Waals surface area contributed by atoms with Gasteiger partial charge < -0.3 is 9.64 Å². The molecule has 0 aromatic rings. The van der Waals surface area contributed by atoms with Crippen LogP contribution in [-0.4, -0.2) is 37.6 Å². The molecule has 0 bridgehead atoms. The number of carbonyl (C=O) groups is 1. The summed E-state index contributed by atoms with van der Waals surface area (Å²) in [6, 6.07) is 0. The van der Waals surface area contributed by atoms with E-state index < -0.39 is 0 Å². The second-order valence-corrected chi connectivity index (χ2v) is 4.71. The van der Waals surface area contributed by atoms with E-state index >= 15 is 0 Å². The van der Waals surface area contributed by atoms with Gasteiger partial charge >= 0.3 is 0 Å². The van der Waals surface area contributed by atoms with Crippen LogP contribution in [0.4, 0.5) is 0 Å². The summed E-state index contributed by atoms with van der Waals surface area (Å²) in [6.07, 6.45) is 6.49. The molecule has 0 unspecified atom stereocenters. The van der Waals surface area contributed by atoms with E-state index in [1.54, 1.807) is 7.11 Å². The Kier molecular flexibility index (Phi) is 6.46. The zero-order valence-electron chi connectivity index (χ0n) is 10.7. The van der Waals surface area contributed by atoms with Crippen molar-refractivity contribution in [3.05, 3.63) is 0 Å². The van der Waals surface area contributed by atoms with E-state index in [1.165, 1.54) is 25.7 Å². The van der Waals surface area contributed by atoms with Gasteiger partial charge in [0.25, 0.3) is 0 Å². The normalized spacial score (nSPS) is 17.8. The molecular formula is C13H25NO2. The minimum absolute atomic E-state index is 0.312. The molecule has 1 aliphatic heterocycles. The van der Waals surface area contributed by atoms with Crippen LogP contribution < -0.4 is 0 Å². The van der Waals surface area contributed by atoms with Crippen molar-refractivity contribution in [2.75, 3.05) is 26.8 Å². The Balaban J connectivity index is 2.17. The van der Waals surface area contributed by atoms with Crippen LogP contribution in [0.1, 0.15) is 45.4 Å². The molecule has 94 valence electrons. The third-order valence-corrected chi connectivity index (χ3v) is 3.40. The topological polar surface area (TPSA) is 29.5 Å². The Morgan fingerprint density at radius 1 is 1.38 bits per heavy atom. The minimum Gasteiger partial charge on any atom is -0.385 e. The first kappa shape index (κ1) is 13.5. The van der Waals surface area contributed by atoms with Crippen LogP contribution in [0.2, 0.25) is 0 Å². The average Bonchev–Trinajstić information content (AvgIpc) is 2.30. The van der Waals surface area contributed by atoms with Crippen molar-refractivity contribution < 1.29 is 9.53 Å². The standard InChI is InChI=1S/C13H25NO2/c1-3-5-12-7-9-14(10-8-12)13(15)6-4-11-16-2/h12H,3-11H2,1-2H3. The van der Waals surface area contributed by atoms with Crippen molar-refractivity contribution in [1.82, 2.24) is 4.90 Å². The molecule has 1 fully saturated rings. The summed E-state index contributed by atoms with van der Waals surface area (Å²) in [5, 5.41) is 0. The molecule has 0 aliphatic carbocycles. The number of amides is 1. The number of likely N-dealkylation sites (tertiary alicyclic amines) is 1. The molecule has 1 heterocycles. The fourth-order valence-corrected chi connectivity index (χ4v) is 2.41. The molecule has 1 saturated heterocycles. The number of piperidine rings is 1. The van der Waals surface area contributed by atoms with Crippen molar-refractivity contribution in [2.24, 2.45) is 5.92 Å². The highest BCUT2D eigenvalue weighted by Crippen LogP contribution is 2.22. The maximum Gasteiger partial charge on any atom is 0.222 e. The van der Waals surface area contributed by atoms with E-state index in [9.17, 15) is 4.79 Å². The Labute approximate surface area is 99.1 Å². The van der Waals surface area contributed by atoms with Gasteiger partial charge in [0.2, 0.25) is 5.91 Å². The first-order valence-electron chi connectivity index (χ1n) is 6.54. The van der Waals surface area contributed by atoms with Gasteiger partial charge in [0.1, 0.15) is 0 Å². The number of hydrogen-bond acceptors (Lipinski definition) is 2. The molecule has 0 aromatic carbocycles. The number of nitrogens with zero attached hydrogens (tertiary/aromatic N) is 1. The lowest BCUT2D eigenvalue weighted by atomic mass is 9.92. The predicted octanol–water partition coefficient (Wildman–Crippen LogP) is 2.45. The van der Waals surface area contributed by atoms with Gasteiger partial charge in [-0.05, 0) is 25.2 Å². The maximum atomic E-state index is 11.8. The second kappa shape index (κ2) is 7.66. The molecule has 0 atom stereocenters. The van der Waals surface area contributed by atoms with Gasteiger partial charge in [0.15, 0.2) is 0 Å². The molecule has 0 spiro atoms. The van der Waals surface area contributed by atoms with Crippen molar-refractivity contribution in [3.63, 3.8) is 0 Å². The second-order valence-electron chi connectivity index (χ2n) is 4.71. The van der Waals surface area contributed by atoms with Gasteiger partial charge in [-0.3, -0.25) is 4.79 Å². The lowest BCUT2D eigenvalue weighted by molar-refractivity contribution is -0.132. The zero-order valence-corrected chi connectivity index (χ0v) is 10.7. The Bertz CT molecular complexity index is 198. The van der Waals surface area contributed by atoms with Crippen molar-refractivity contribution in [1.29, 1.82) is 0 Å². The third-order valence-electron chi connectivity index (χ3n) is 3.40. The van der Waals surface area contributed by atoms with E-state index in [2.05, 4.69) is 6.92 Å². The summed E-state index contributed by atoms with van der Waals surface area (Å²) < 4.78 is 4.96. The summed E-state index contributed by atoms with van der Waals surface area (Å²) in [5.74, 6) is 1.17. The smallest absolute Gasteiger partial charge is 0.222 e. The highest BCUT2D eigenvalue weighted by Gasteiger charge is 2.21. The first-order valence-corrected chi connectivity index (χ1v) is 6.54. The number of ether oxygens (including phenoxy) is 1. The van der Waals surface area contributed by atoms with Crippen LogP contribution in [0.25, 0.3) is 0 Å². The summed E-state index contributed by atoms with van der Waals surface area (Å²) in [7, 11) is 1.68. The van der Waals surface area contributed by atoms with Crippen LogP contribution in [-0.2, 0) is 9.53 Å². The van der Waals surface area contributed by atoms with Crippen LogP contribution in [0.5, 0.6) is 0 Å². The van der Waals surface area contributed by atoms with Gasteiger partial charge in [-0.2, -0.15) is 0 Å². The van der Waals surface area contributed by atoms with Gasteiger partial charge in [0, 0.05) is 33.2 Å². The lowest BCUT2D eigenvalue weighted by Crippen LogP contribution is -2.38. The number of methoxy groups -OCH3 is 1. The molecule has 1 amide bonds. The molecule has 16 heavy (non-hydrogen) atoms. The van der Waals surface area contributed by atoms with E-state index in [0.29, 0.717) is 18.9 Å². The summed E-state index contributed by atoms with van der Waals surface area (Å²) in [4.78, 5) is 13.8. The van der Waals surface area contributed by atoms with Gasteiger partial charge in [-0.1, -0.05) is 19.8 Å². The van der Waals surface area contributed by atoms with Crippen LogP contribution in [0.3, 0.4) is 0 Å². The Morgan fingerprint density at radius 3 is 2.62 bits per heavy atom. The summed E-state index contributed by atoms with van der Waals surface area (Å²) >= 11 is 0. The first-order chi connectivity index (χ1) is 7.77. The van der Waals surface area contributed by atoms with Crippen LogP contribution in [0.15, 0.2) is 0 Å². The maximum absolute atomic E-state index is 11.8.